The maximum atomic E-state index is 12.5. The average Bonchev–Trinajstić information content (AvgIpc) is 3.25. The first-order valence-electron chi connectivity index (χ1n) is 9.09. The number of aromatic amines is 1. The number of benzene rings is 2. The molecule has 150 valence electrons. The molecule has 0 radical (unpaired) electrons. The molecule has 0 spiro atoms. The molecule has 0 atom stereocenters. The van der Waals surface area contributed by atoms with E-state index in [1.54, 1.807) is 30.3 Å². The van der Waals surface area contributed by atoms with Crippen LogP contribution in [0.5, 0.6) is 5.75 Å². The summed E-state index contributed by atoms with van der Waals surface area (Å²) in [6.07, 6.45) is 0. The van der Waals surface area contributed by atoms with Crippen molar-refractivity contribution in [3.05, 3.63) is 100 Å². The number of carbonyl (C=O) groups excluding carboxylic acids is 2. The van der Waals surface area contributed by atoms with Crippen LogP contribution >= 0.6 is 0 Å². The summed E-state index contributed by atoms with van der Waals surface area (Å²) in [7, 11) is 0. The van der Waals surface area contributed by atoms with E-state index in [0.29, 0.717) is 22.4 Å². The Hall–Kier alpha value is -4.33. The van der Waals surface area contributed by atoms with Crippen molar-refractivity contribution in [2.75, 3.05) is 0 Å². The van der Waals surface area contributed by atoms with Crippen molar-refractivity contribution < 1.29 is 18.7 Å². The summed E-state index contributed by atoms with van der Waals surface area (Å²) < 4.78 is 11.0. The molecule has 0 saturated carbocycles. The standard InChI is InChI=1S/C22H17N3O5/c26-20-12-17(16-8-4-5-9-18(16)23-20)21(27)24-25-22(28)19-11-10-15(30-19)13-29-14-6-2-1-3-7-14/h1-12H,13H2,(H,23,26)(H,24,27)(H,25,28). The number of carbonyl (C=O) groups is 2. The lowest BCUT2D eigenvalue weighted by atomic mass is 10.1. The monoisotopic (exact) mass is 403 g/mol. The molecule has 30 heavy (non-hydrogen) atoms. The van der Waals surface area contributed by atoms with E-state index in [1.165, 1.54) is 12.1 Å². The highest BCUT2D eigenvalue weighted by Crippen LogP contribution is 2.15. The number of para-hydroxylation sites is 2. The molecule has 0 fully saturated rings. The van der Waals surface area contributed by atoms with Gasteiger partial charge in [0.2, 0.25) is 5.56 Å². The number of rotatable bonds is 5. The van der Waals surface area contributed by atoms with E-state index in [0.717, 1.165) is 0 Å². The molecule has 8 nitrogen and oxygen atoms in total. The third-order valence-electron chi connectivity index (χ3n) is 4.29. The van der Waals surface area contributed by atoms with Gasteiger partial charge in [-0.2, -0.15) is 0 Å². The Bertz CT molecular complexity index is 1260. The van der Waals surface area contributed by atoms with Gasteiger partial charge in [0.1, 0.15) is 18.1 Å². The van der Waals surface area contributed by atoms with Gasteiger partial charge in [-0.25, -0.2) is 0 Å². The van der Waals surface area contributed by atoms with E-state index < -0.39 is 17.4 Å². The number of H-pyrrole nitrogens is 1. The van der Waals surface area contributed by atoms with Gasteiger partial charge in [-0.3, -0.25) is 25.2 Å². The van der Waals surface area contributed by atoms with Crippen LogP contribution in [0.25, 0.3) is 10.9 Å². The fourth-order valence-corrected chi connectivity index (χ4v) is 2.88. The number of furan rings is 1. The van der Waals surface area contributed by atoms with Crippen LogP contribution in [0, 0.1) is 0 Å². The number of pyridine rings is 1. The lowest BCUT2D eigenvalue weighted by Crippen LogP contribution is -2.41. The second kappa shape index (κ2) is 8.36. The highest BCUT2D eigenvalue weighted by atomic mass is 16.5. The van der Waals surface area contributed by atoms with E-state index in [1.807, 2.05) is 30.3 Å². The topological polar surface area (TPSA) is 113 Å². The van der Waals surface area contributed by atoms with Crippen LogP contribution in [0.4, 0.5) is 0 Å². The summed E-state index contributed by atoms with van der Waals surface area (Å²) in [5, 5.41) is 0.558. The van der Waals surface area contributed by atoms with E-state index in [-0.39, 0.29) is 17.9 Å². The third-order valence-corrected chi connectivity index (χ3v) is 4.29. The zero-order chi connectivity index (χ0) is 20.9. The quantitative estimate of drug-likeness (QED) is 0.444. The minimum absolute atomic E-state index is 0.0118. The van der Waals surface area contributed by atoms with Crippen LogP contribution in [0.3, 0.4) is 0 Å². The second-order valence-corrected chi connectivity index (χ2v) is 6.37. The van der Waals surface area contributed by atoms with Crippen molar-refractivity contribution in [2.45, 2.75) is 6.61 Å². The normalized spacial score (nSPS) is 10.5. The lowest BCUT2D eigenvalue weighted by molar-refractivity contribution is 0.0829. The van der Waals surface area contributed by atoms with Crippen molar-refractivity contribution in [1.29, 1.82) is 0 Å². The molecule has 2 amide bonds. The van der Waals surface area contributed by atoms with E-state index in [4.69, 9.17) is 9.15 Å². The van der Waals surface area contributed by atoms with Crippen molar-refractivity contribution in [3.63, 3.8) is 0 Å². The first kappa shape index (κ1) is 19.0. The van der Waals surface area contributed by atoms with Crippen molar-refractivity contribution in [1.82, 2.24) is 15.8 Å². The van der Waals surface area contributed by atoms with Gasteiger partial charge < -0.3 is 14.1 Å². The van der Waals surface area contributed by atoms with E-state index in [9.17, 15) is 14.4 Å². The van der Waals surface area contributed by atoms with Crippen molar-refractivity contribution in [3.8, 4) is 5.75 Å². The highest BCUT2D eigenvalue weighted by Gasteiger charge is 2.15. The maximum Gasteiger partial charge on any atom is 0.305 e. The number of hydrogen-bond acceptors (Lipinski definition) is 5. The number of amides is 2. The van der Waals surface area contributed by atoms with Crippen LogP contribution in [0.15, 0.2) is 82.0 Å². The van der Waals surface area contributed by atoms with Gasteiger partial charge in [-0.05, 0) is 30.3 Å². The molecule has 2 aromatic carbocycles. The van der Waals surface area contributed by atoms with Crippen molar-refractivity contribution in [2.24, 2.45) is 0 Å². The van der Waals surface area contributed by atoms with Gasteiger partial charge in [0.25, 0.3) is 5.91 Å². The number of ether oxygens (including phenoxy) is 1. The van der Waals surface area contributed by atoms with Crippen LogP contribution in [-0.4, -0.2) is 16.8 Å². The molecule has 0 unspecified atom stereocenters. The Balaban J connectivity index is 1.39. The Kier molecular flexibility index (Phi) is 5.29. The van der Waals surface area contributed by atoms with Crippen LogP contribution in [0.1, 0.15) is 26.7 Å². The number of hydrogen-bond donors (Lipinski definition) is 3. The number of nitrogens with one attached hydrogen (secondary N) is 3. The average molecular weight is 403 g/mol. The molecule has 0 aliphatic heterocycles. The van der Waals surface area contributed by atoms with Gasteiger partial charge in [0.05, 0.1) is 5.56 Å². The minimum atomic E-state index is -0.636. The molecule has 8 heteroatoms. The summed E-state index contributed by atoms with van der Waals surface area (Å²) in [6.45, 7) is 0.155. The molecule has 0 saturated heterocycles. The predicted octanol–water partition coefficient (Wildman–Crippen LogP) is 2.77. The van der Waals surface area contributed by atoms with E-state index in [2.05, 4.69) is 15.8 Å². The Morgan fingerprint density at radius 2 is 1.63 bits per heavy atom. The smallest absolute Gasteiger partial charge is 0.305 e. The van der Waals surface area contributed by atoms with Gasteiger partial charge >= 0.3 is 5.91 Å². The lowest BCUT2D eigenvalue weighted by Gasteiger charge is -2.08. The fraction of sp³-hybridized carbons (Fsp3) is 0.0455. The summed E-state index contributed by atoms with van der Waals surface area (Å²) in [5.74, 6) is -0.112. The van der Waals surface area contributed by atoms with Gasteiger partial charge in [0, 0.05) is 17.0 Å². The van der Waals surface area contributed by atoms with Crippen LogP contribution in [0.2, 0.25) is 0 Å². The molecule has 0 aliphatic rings. The Morgan fingerprint density at radius 3 is 2.47 bits per heavy atom. The molecular formula is C22H17N3O5. The largest absolute Gasteiger partial charge is 0.486 e. The zero-order valence-electron chi connectivity index (χ0n) is 15.7. The Morgan fingerprint density at radius 1 is 0.900 bits per heavy atom. The minimum Gasteiger partial charge on any atom is -0.486 e. The first-order valence-corrected chi connectivity index (χ1v) is 9.09. The van der Waals surface area contributed by atoms with Gasteiger partial charge in [-0.15, -0.1) is 0 Å². The molecule has 4 rings (SSSR count). The number of fused-ring (bicyclic) bond motifs is 1. The van der Waals surface area contributed by atoms with Gasteiger partial charge in [0.15, 0.2) is 5.76 Å². The van der Waals surface area contributed by atoms with E-state index >= 15 is 0 Å². The van der Waals surface area contributed by atoms with Crippen LogP contribution < -0.4 is 21.1 Å². The predicted molar refractivity (Wildman–Crippen MR) is 109 cm³/mol. The number of aromatic nitrogens is 1. The third kappa shape index (κ3) is 4.22. The number of hydrazine groups is 1. The second-order valence-electron chi connectivity index (χ2n) is 6.37. The summed E-state index contributed by atoms with van der Waals surface area (Å²) in [5.41, 5.74) is 4.84. The van der Waals surface area contributed by atoms with Crippen LogP contribution in [-0.2, 0) is 6.61 Å². The first-order chi connectivity index (χ1) is 14.6. The SMILES string of the molecule is O=C(NNC(=O)c1cc(=O)[nH]c2ccccc12)c1ccc(COc2ccccc2)o1. The molecule has 3 N–H and O–H groups in total. The molecule has 2 heterocycles. The summed E-state index contributed by atoms with van der Waals surface area (Å²) in [4.78, 5) is 39.2. The maximum absolute atomic E-state index is 12.5. The van der Waals surface area contributed by atoms with Crippen molar-refractivity contribution >= 4 is 22.7 Å². The summed E-state index contributed by atoms with van der Waals surface area (Å²) in [6, 6.07) is 20.4. The molecule has 4 aromatic rings. The summed E-state index contributed by atoms with van der Waals surface area (Å²) >= 11 is 0. The fourth-order valence-electron chi connectivity index (χ4n) is 2.88. The molecule has 0 bridgehead atoms. The Labute approximate surface area is 170 Å². The molecule has 2 aromatic heterocycles. The highest BCUT2D eigenvalue weighted by molar-refractivity contribution is 6.06. The molecule has 0 aliphatic carbocycles. The van der Waals surface area contributed by atoms with Gasteiger partial charge in [-0.1, -0.05) is 36.4 Å². The molecular weight excluding hydrogens is 386 g/mol. The zero-order valence-corrected chi connectivity index (χ0v) is 15.7.